The van der Waals surface area contributed by atoms with Crippen LogP contribution in [0.3, 0.4) is 0 Å². The van der Waals surface area contributed by atoms with E-state index >= 15 is 0 Å². The van der Waals surface area contributed by atoms with Crippen molar-refractivity contribution in [2.75, 3.05) is 17.4 Å². The van der Waals surface area contributed by atoms with Gasteiger partial charge in [-0.25, -0.2) is 0 Å². The molecule has 0 unspecified atom stereocenters. The molecular weight excluding hydrogens is 164 g/mol. The average molecular weight is 179 g/mol. The van der Waals surface area contributed by atoms with Gasteiger partial charge in [0.2, 0.25) is 0 Å². The molecular formula is C8H15ClS. The molecule has 10 heavy (non-hydrogen) atoms. The van der Waals surface area contributed by atoms with E-state index in [0.717, 1.165) is 5.75 Å². The lowest BCUT2D eigenvalue weighted by Crippen LogP contribution is -1.78. The van der Waals surface area contributed by atoms with Crippen molar-refractivity contribution in [2.24, 2.45) is 0 Å². The van der Waals surface area contributed by atoms with Crippen LogP contribution in [0.1, 0.15) is 19.8 Å². The number of allylic oxidation sites excluding steroid dienone is 1. The molecule has 0 saturated carbocycles. The number of hydrogen-bond acceptors (Lipinski definition) is 1. The number of thioether (sulfide) groups is 1. The Morgan fingerprint density at radius 2 is 2.20 bits per heavy atom. The first-order valence-electron chi connectivity index (χ1n) is 3.70. The van der Waals surface area contributed by atoms with Crippen molar-refractivity contribution in [3.63, 3.8) is 0 Å². The third-order valence-corrected chi connectivity index (χ3v) is 2.30. The molecule has 0 aliphatic rings. The summed E-state index contributed by atoms with van der Waals surface area (Å²) >= 11 is 7.42. The van der Waals surface area contributed by atoms with Crippen LogP contribution in [-0.4, -0.2) is 17.4 Å². The van der Waals surface area contributed by atoms with Crippen LogP contribution >= 0.6 is 23.4 Å². The minimum atomic E-state index is 0.647. The fraction of sp³-hybridized carbons (Fsp3) is 0.750. The van der Waals surface area contributed by atoms with Gasteiger partial charge in [0.25, 0.3) is 0 Å². The van der Waals surface area contributed by atoms with Gasteiger partial charge in [-0.1, -0.05) is 25.5 Å². The molecule has 0 N–H and O–H groups in total. The monoisotopic (exact) mass is 178 g/mol. The predicted molar refractivity (Wildman–Crippen MR) is 52.1 cm³/mol. The maximum atomic E-state index is 5.45. The Balaban J connectivity index is 2.83. The highest BCUT2D eigenvalue weighted by molar-refractivity contribution is 7.99. The van der Waals surface area contributed by atoms with Gasteiger partial charge in [0.1, 0.15) is 0 Å². The van der Waals surface area contributed by atoms with Crippen molar-refractivity contribution in [1.82, 2.24) is 0 Å². The molecule has 60 valence electrons. The maximum absolute atomic E-state index is 5.45. The molecule has 0 spiro atoms. The van der Waals surface area contributed by atoms with Crippen LogP contribution in [0.5, 0.6) is 0 Å². The molecule has 0 fully saturated rings. The van der Waals surface area contributed by atoms with E-state index in [-0.39, 0.29) is 0 Å². The van der Waals surface area contributed by atoms with Crippen LogP contribution in [0.25, 0.3) is 0 Å². The zero-order valence-electron chi connectivity index (χ0n) is 6.48. The molecule has 2 heteroatoms. The summed E-state index contributed by atoms with van der Waals surface area (Å²) in [5, 5.41) is 0. The summed E-state index contributed by atoms with van der Waals surface area (Å²) in [4.78, 5) is 0. The van der Waals surface area contributed by atoms with Crippen LogP contribution in [-0.2, 0) is 0 Å². The van der Waals surface area contributed by atoms with E-state index in [1.54, 1.807) is 0 Å². The molecule has 0 aromatic rings. The molecule has 0 aromatic heterocycles. The Bertz CT molecular complexity index is 81.3. The summed E-state index contributed by atoms with van der Waals surface area (Å²) in [7, 11) is 0. The number of alkyl halides is 1. The lowest BCUT2D eigenvalue weighted by Gasteiger charge is -1.93. The molecule has 0 heterocycles. The quantitative estimate of drug-likeness (QED) is 0.342. The summed E-state index contributed by atoms with van der Waals surface area (Å²) in [6, 6.07) is 0. The molecule has 0 aliphatic heterocycles. The van der Waals surface area contributed by atoms with Gasteiger partial charge in [-0.05, 0) is 12.2 Å². The Morgan fingerprint density at radius 1 is 1.40 bits per heavy atom. The summed E-state index contributed by atoms with van der Waals surface area (Å²) < 4.78 is 0. The van der Waals surface area contributed by atoms with Crippen LogP contribution in [0.4, 0.5) is 0 Å². The Hall–Kier alpha value is 0.380. The molecule has 0 atom stereocenters. The molecule has 0 aliphatic carbocycles. The summed E-state index contributed by atoms with van der Waals surface area (Å²) in [5.74, 6) is 3.05. The topological polar surface area (TPSA) is 0 Å². The van der Waals surface area contributed by atoms with Gasteiger partial charge >= 0.3 is 0 Å². The molecule has 0 amide bonds. The van der Waals surface area contributed by atoms with Crippen LogP contribution < -0.4 is 0 Å². The summed E-state index contributed by atoms with van der Waals surface area (Å²) in [5.41, 5.74) is 0. The lowest BCUT2D eigenvalue weighted by molar-refractivity contribution is 0.897. The zero-order chi connectivity index (χ0) is 7.66. The highest BCUT2D eigenvalue weighted by Crippen LogP contribution is 2.03. The molecule has 0 saturated heterocycles. The third-order valence-electron chi connectivity index (χ3n) is 1.11. The summed E-state index contributed by atoms with van der Waals surface area (Å²) in [6.07, 6.45) is 6.76. The Kier molecular flexibility index (Phi) is 9.74. The maximum Gasteiger partial charge on any atom is 0.0404 e. The fourth-order valence-electron chi connectivity index (χ4n) is 0.529. The second-order valence-electron chi connectivity index (χ2n) is 2.05. The zero-order valence-corrected chi connectivity index (χ0v) is 8.05. The predicted octanol–water partition coefficient (Wildman–Crippen LogP) is 3.31. The smallest absolute Gasteiger partial charge is 0.0404 e. The van der Waals surface area contributed by atoms with Crippen molar-refractivity contribution in [2.45, 2.75) is 19.8 Å². The van der Waals surface area contributed by atoms with E-state index in [1.807, 2.05) is 17.8 Å². The van der Waals surface area contributed by atoms with E-state index < -0.39 is 0 Å². The normalized spacial score (nSPS) is 11.0. The standard InChI is InChI=1S/C8H15ClS/c1-2-3-7-10-8-5-4-6-9/h4-5H,2-3,6-8H2,1H3. The van der Waals surface area contributed by atoms with Crippen LogP contribution in [0.15, 0.2) is 12.2 Å². The highest BCUT2D eigenvalue weighted by Gasteiger charge is 1.82. The van der Waals surface area contributed by atoms with Gasteiger partial charge in [0.15, 0.2) is 0 Å². The third kappa shape index (κ3) is 8.38. The van der Waals surface area contributed by atoms with Crippen LogP contribution in [0, 0.1) is 0 Å². The van der Waals surface area contributed by atoms with Crippen molar-refractivity contribution in [3.8, 4) is 0 Å². The second-order valence-corrected chi connectivity index (χ2v) is 3.51. The fourth-order valence-corrected chi connectivity index (χ4v) is 1.59. The number of rotatable bonds is 6. The largest absolute Gasteiger partial charge is 0.158 e. The van der Waals surface area contributed by atoms with E-state index in [0.29, 0.717) is 5.88 Å². The number of hydrogen-bond donors (Lipinski definition) is 0. The number of unbranched alkanes of at least 4 members (excludes halogenated alkanes) is 1. The highest BCUT2D eigenvalue weighted by atomic mass is 35.5. The van der Waals surface area contributed by atoms with Gasteiger partial charge in [-0.3, -0.25) is 0 Å². The van der Waals surface area contributed by atoms with Crippen molar-refractivity contribution in [3.05, 3.63) is 12.2 Å². The van der Waals surface area contributed by atoms with Gasteiger partial charge in [0.05, 0.1) is 0 Å². The first-order valence-corrected chi connectivity index (χ1v) is 5.39. The molecule has 0 rings (SSSR count). The molecule has 0 radical (unpaired) electrons. The van der Waals surface area contributed by atoms with Crippen molar-refractivity contribution < 1.29 is 0 Å². The number of halogens is 1. The average Bonchev–Trinajstić information content (AvgIpc) is 1.97. The molecule has 0 aromatic carbocycles. The first-order chi connectivity index (χ1) is 4.91. The lowest BCUT2D eigenvalue weighted by atomic mass is 10.4. The minimum absolute atomic E-state index is 0.647. The molecule has 0 nitrogen and oxygen atoms in total. The molecule has 0 bridgehead atoms. The van der Waals surface area contributed by atoms with Gasteiger partial charge in [-0.2, -0.15) is 11.8 Å². The van der Waals surface area contributed by atoms with Crippen molar-refractivity contribution >= 4 is 23.4 Å². The van der Waals surface area contributed by atoms with E-state index in [4.69, 9.17) is 11.6 Å². The Labute approximate surface area is 73.0 Å². The van der Waals surface area contributed by atoms with E-state index in [9.17, 15) is 0 Å². The van der Waals surface area contributed by atoms with Crippen molar-refractivity contribution in [1.29, 1.82) is 0 Å². The van der Waals surface area contributed by atoms with Crippen LogP contribution in [0.2, 0.25) is 0 Å². The Morgan fingerprint density at radius 3 is 2.80 bits per heavy atom. The minimum Gasteiger partial charge on any atom is -0.158 e. The second kappa shape index (κ2) is 9.38. The SMILES string of the molecule is CCCCSCC=CCCl. The van der Waals surface area contributed by atoms with E-state index in [1.165, 1.54) is 18.6 Å². The first kappa shape index (κ1) is 10.4. The van der Waals surface area contributed by atoms with E-state index in [2.05, 4.69) is 13.0 Å². The summed E-state index contributed by atoms with van der Waals surface area (Å²) in [6.45, 7) is 2.22. The van der Waals surface area contributed by atoms with Gasteiger partial charge in [-0.15, -0.1) is 11.6 Å². The van der Waals surface area contributed by atoms with Gasteiger partial charge < -0.3 is 0 Å². The van der Waals surface area contributed by atoms with Gasteiger partial charge in [0, 0.05) is 11.6 Å².